The van der Waals surface area contributed by atoms with Crippen LogP contribution in [0.1, 0.15) is 0 Å². The molecule has 0 bridgehead atoms. The Labute approximate surface area is 689 Å². The molecule has 0 saturated heterocycles. The van der Waals surface area contributed by atoms with Crippen LogP contribution in [0.5, 0.6) is 0 Å². The molecule has 0 spiro atoms. The third kappa shape index (κ3) is 13.7. The highest BCUT2D eigenvalue weighted by molar-refractivity contribution is 9.10. The standard InChI is InChI=1S/C55H37N3.C32H22N2.C23H16BrN/c1-5-19-38(20-6-1)45-31-18-32-48-53-46-29-13-15-33-51(46)57(52-34-16-14-30-47(52)55(53)58(54(45)48)43-26-11-4-12-27-43)44-28-17-25-41(35-44)42-36-49(39-21-7-2-8-22-39)56-50(37-42)40-23-9-3-10-24-40;1-3-12-22(13-4-1)24-18-11-19-27-30-25-16-7-9-20-28(25)33-29-21-10-8-17-26(29)32(30)34(31(24)27)23-14-5-2-6-15-23;24-21-13-7-12-19(14-21)20-15-22(17-8-3-1-4-9-17)25-23(16-20)18-10-5-2-6-11-18/h1-37H;1-21,33H;1-16H. The van der Waals surface area contributed by atoms with Crippen molar-refractivity contribution in [1.82, 2.24) is 19.1 Å². The molecule has 20 aromatic rings. The maximum atomic E-state index is 5.17. The van der Waals surface area contributed by atoms with E-state index in [1.807, 2.05) is 42.5 Å². The van der Waals surface area contributed by atoms with Crippen molar-refractivity contribution in [2.45, 2.75) is 0 Å². The van der Waals surface area contributed by atoms with E-state index in [0.29, 0.717) is 0 Å². The van der Waals surface area contributed by atoms with Gasteiger partial charge in [-0.1, -0.05) is 368 Å². The van der Waals surface area contributed by atoms with Crippen LogP contribution in [0, 0.1) is 0 Å². The van der Waals surface area contributed by atoms with Gasteiger partial charge in [0.2, 0.25) is 0 Å². The van der Waals surface area contributed by atoms with Gasteiger partial charge in [-0.15, -0.1) is 0 Å². The summed E-state index contributed by atoms with van der Waals surface area (Å²) in [7, 11) is 0. The quantitative estimate of drug-likeness (QED) is 0.140. The minimum absolute atomic E-state index is 0.947. The Morgan fingerprint density at radius 2 is 0.521 bits per heavy atom. The molecule has 0 atom stereocenters. The normalized spacial score (nSPS) is 11.5. The SMILES string of the molecule is Brc1cccc(-c2cc(-c3ccccc3)nc(-c3ccccc3)c2)c1.c1ccc(-c2cc(-c3cccc(N4c5ccccc5-c5c(n(-c6ccccc6)c6c(-c7ccccc7)cccc56)-c5ccccc54)c3)cc(-c3ccccc3)n2)cc1.c1ccc(-c2cccc3c4c(n(-c5ccccc5)c23)-c2ccccc2Nc2ccccc2-4)cc1. The summed E-state index contributed by atoms with van der Waals surface area (Å²) < 4.78 is 6.02. The molecule has 22 rings (SSSR count). The molecule has 6 heterocycles. The molecule has 6 nitrogen and oxygen atoms in total. The van der Waals surface area contributed by atoms with Crippen LogP contribution in [0.25, 0.3) is 167 Å². The van der Waals surface area contributed by atoms with Crippen LogP contribution in [0.15, 0.2) is 453 Å². The lowest BCUT2D eigenvalue weighted by atomic mass is 9.96. The second-order valence-electron chi connectivity index (χ2n) is 29.3. The Bertz CT molecular complexity index is 6890. The van der Waals surface area contributed by atoms with Gasteiger partial charge in [0.15, 0.2) is 0 Å². The minimum Gasteiger partial charge on any atom is -0.354 e. The van der Waals surface area contributed by atoms with Gasteiger partial charge in [0.1, 0.15) is 0 Å². The highest BCUT2D eigenvalue weighted by Crippen LogP contribution is 2.57. The van der Waals surface area contributed by atoms with Crippen LogP contribution < -0.4 is 10.2 Å². The molecular formula is C110H75BrN6. The summed E-state index contributed by atoms with van der Waals surface area (Å²) in [4.78, 5) is 12.5. The van der Waals surface area contributed by atoms with E-state index in [0.717, 1.165) is 106 Å². The van der Waals surface area contributed by atoms with Crippen LogP contribution in [0.3, 0.4) is 0 Å². The summed E-state index contributed by atoms with van der Waals surface area (Å²) >= 11 is 3.57. The Morgan fingerprint density at radius 3 is 0.974 bits per heavy atom. The first-order valence-corrected chi connectivity index (χ1v) is 40.4. The van der Waals surface area contributed by atoms with E-state index in [9.17, 15) is 0 Å². The van der Waals surface area contributed by atoms with Gasteiger partial charge in [-0.05, 0) is 130 Å². The number of nitrogens with zero attached hydrogens (tertiary/aromatic N) is 5. The lowest BCUT2D eigenvalue weighted by Crippen LogP contribution is -2.11. The number of fused-ring (bicyclic) bond motifs is 14. The number of hydrogen-bond acceptors (Lipinski definition) is 4. The molecule has 1 N–H and O–H groups in total. The fourth-order valence-corrected chi connectivity index (χ4v) is 17.3. The summed E-state index contributed by atoms with van der Waals surface area (Å²) in [5, 5.41) is 6.19. The van der Waals surface area contributed by atoms with E-state index in [-0.39, 0.29) is 0 Å². The maximum Gasteiger partial charge on any atom is 0.0715 e. The number of rotatable bonds is 11. The summed E-state index contributed by atoms with van der Waals surface area (Å²) in [6.07, 6.45) is 0. The zero-order chi connectivity index (χ0) is 78.0. The van der Waals surface area contributed by atoms with Crippen LogP contribution in [0.4, 0.5) is 28.4 Å². The van der Waals surface area contributed by atoms with Crippen molar-refractivity contribution in [2.24, 2.45) is 0 Å². The van der Waals surface area contributed by atoms with Crippen molar-refractivity contribution in [3.63, 3.8) is 0 Å². The second-order valence-corrected chi connectivity index (χ2v) is 30.2. The predicted octanol–water partition coefficient (Wildman–Crippen LogP) is 30.3. The molecule has 4 aromatic heterocycles. The average molecular weight is 1560 g/mol. The molecule has 0 radical (unpaired) electrons. The molecule has 552 valence electrons. The van der Waals surface area contributed by atoms with Crippen molar-refractivity contribution >= 4 is 66.2 Å². The second kappa shape index (κ2) is 31.5. The summed E-state index contributed by atoms with van der Waals surface area (Å²) in [5.41, 5.74) is 37.7. The number of anilines is 5. The molecule has 2 aliphatic rings. The van der Waals surface area contributed by atoms with Crippen molar-refractivity contribution in [3.05, 3.63) is 453 Å². The van der Waals surface area contributed by atoms with Crippen molar-refractivity contribution < 1.29 is 0 Å². The van der Waals surface area contributed by atoms with Gasteiger partial charge in [-0.3, -0.25) is 0 Å². The lowest BCUT2D eigenvalue weighted by Gasteiger charge is -2.28. The van der Waals surface area contributed by atoms with Crippen LogP contribution in [-0.2, 0) is 0 Å². The zero-order valence-corrected chi connectivity index (χ0v) is 65.4. The van der Waals surface area contributed by atoms with Gasteiger partial charge in [0.05, 0.1) is 56.6 Å². The smallest absolute Gasteiger partial charge is 0.0715 e. The van der Waals surface area contributed by atoms with E-state index in [4.69, 9.17) is 9.97 Å². The average Bonchev–Trinajstić information content (AvgIpc) is 1.54. The number of aromatic nitrogens is 4. The summed E-state index contributed by atoms with van der Waals surface area (Å²) in [5.74, 6) is 0. The van der Waals surface area contributed by atoms with Crippen LogP contribution >= 0.6 is 15.9 Å². The number of nitrogens with one attached hydrogen (secondary N) is 1. The molecule has 7 heteroatoms. The Kier molecular flexibility index (Phi) is 19.1. The first kappa shape index (κ1) is 71.0. The zero-order valence-electron chi connectivity index (χ0n) is 63.8. The van der Waals surface area contributed by atoms with Crippen molar-refractivity contribution in [1.29, 1.82) is 0 Å². The highest BCUT2D eigenvalue weighted by Gasteiger charge is 2.34. The van der Waals surface area contributed by atoms with Gasteiger partial charge in [-0.25, -0.2) is 9.97 Å². The monoisotopic (exact) mass is 1560 g/mol. The first-order valence-electron chi connectivity index (χ1n) is 39.6. The molecule has 0 unspecified atom stereocenters. The van der Waals surface area contributed by atoms with E-state index in [1.54, 1.807) is 0 Å². The number of benzene rings is 16. The Balaban J connectivity index is 0.000000126. The Morgan fingerprint density at radius 1 is 0.214 bits per heavy atom. The number of halogens is 1. The van der Waals surface area contributed by atoms with E-state index < -0.39 is 0 Å². The number of pyridine rings is 2. The maximum absolute atomic E-state index is 5.17. The largest absolute Gasteiger partial charge is 0.354 e. The van der Waals surface area contributed by atoms with Gasteiger partial charge in [0, 0.05) is 110 Å². The van der Waals surface area contributed by atoms with E-state index in [2.05, 4.69) is 442 Å². The molecule has 2 aliphatic heterocycles. The third-order valence-electron chi connectivity index (χ3n) is 22.2. The molecule has 16 aromatic carbocycles. The van der Waals surface area contributed by atoms with Gasteiger partial charge in [0.25, 0.3) is 0 Å². The predicted molar refractivity (Wildman–Crippen MR) is 493 cm³/mol. The number of para-hydroxylation sites is 8. The van der Waals surface area contributed by atoms with Gasteiger partial charge in [-0.2, -0.15) is 0 Å². The van der Waals surface area contributed by atoms with Crippen molar-refractivity contribution in [2.75, 3.05) is 10.2 Å². The molecule has 0 fully saturated rings. The van der Waals surface area contributed by atoms with Gasteiger partial charge >= 0.3 is 0 Å². The minimum atomic E-state index is 0.947. The molecule has 0 saturated carbocycles. The molecule has 0 amide bonds. The van der Waals surface area contributed by atoms with E-state index >= 15 is 0 Å². The lowest BCUT2D eigenvalue weighted by molar-refractivity contribution is 1.13. The summed E-state index contributed by atoms with van der Waals surface area (Å²) in [6.45, 7) is 0. The van der Waals surface area contributed by atoms with E-state index in [1.165, 1.54) is 94.4 Å². The first-order chi connectivity index (χ1) is 58.0. The molecule has 117 heavy (non-hydrogen) atoms. The molecular weight excluding hydrogens is 1490 g/mol. The fraction of sp³-hybridized carbons (Fsp3) is 0. The van der Waals surface area contributed by atoms with Gasteiger partial charge < -0.3 is 19.4 Å². The number of hydrogen-bond donors (Lipinski definition) is 1. The topological polar surface area (TPSA) is 50.9 Å². The highest BCUT2D eigenvalue weighted by atomic mass is 79.9. The van der Waals surface area contributed by atoms with Crippen molar-refractivity contribution in [3.8, 4) is 146 Å². The summed E-state index contributed by atoms with van der Waals surface area (Å²) in [6, 6.07) is 159. The fourth-order valence-electron chi connectivity index (χ4n) is 16.9. The van der Waals surface area contributed by atoms with Crippen LogP contribution in [-0.4, -0.2) is 19.1 Å². The third-order valence-corrected chi connectivity index (χ3v) is 22.7. The van der Waals surface area contributed by atoms with Crippen LogP contribution in [0.2, 0.25) is 0 Å². The Hall–Kier alpha value is -15.0. The molecule has 0 aliphatic carbocycles.